The van der Waals surface area contributed by atoms with Crippen molar-refractivity contribution in [3.63, 3.8) is 0 Å². The van der Waals surface area contributed by atoms with Crippen LogP contribution in [0, 0.1) is 0 Å². The topological polar surface area (TPSA) is 49.9 Å². The van der Waals surface area contributed by atoms with Crippen LogP contribution in [-0.4, -0.2) is 32.5 Å². The molecule has 0 aliphatic heterocycles. The summed E-state index contributed by atoms with van der Waals surface area (Å²) < 4.78 is 5.19. The second kappa shape index (κ2) is 8.15. The molecule has 2 amide bonds. The number of hydrogen-bond acceptors (Lipinski definition) is 3. The van der Waals surface area contributed by atoms with Gasteiger partial charge in [-0.15, -0.1) is 0 Å². The number of methoxy groups -OCH3 is 1. The summed E-state index contributed by atoms with van der Waals surface area (Å²) in [6, 6.07) is 16.7. The summed E-state index contributed by atoms with van der Waals surface area (Å²) in [6.07, 6.45) is 0.238. The summed E-state index contributed by atoms with van der Waals surface area (Å²) in [5, 5.41) is 0. The van der Waals surface area contributed by atoms with Crippen molar-refractivity contribution >= 4 is 23.2 Å². The van der Waals surface area contributed by atoms with Gasteiger partial charge in [0, 0.05) is 44.4 Å². The lowest BCUT2D eigenvalue weighted by atomic mass is 10.2. The van der Waals surface area contributed by atoms with Crippen molar-refractivity contribution in [3.8, 4) is 5.75 Å². The Labute approximate surface area is 142 Å². The normalized spacial score (nSPS) is 10.1. The fourth-order valence-corrected chi connectivity index (χ4v) is 2.42. The molecule has 0 aromatic heterocycles. The summed E-state index contributed by atoms with van der Waals surface area (Å²) >= 11 is 0. The molecule has 0 radical (unpaired) electrons. The van der Waals surface area contributed by atoms with Crippen molar-refractivity contribution in [1.82, 2.24) is 0 Å². The molecule has 0 aliphatic rings. The average molecular weight is 326 g/mol. The molecule has 126 valence electrons. The van der Waals surface area contributed by atoms with Gasteiger partial charge in [0.05, 0.1) is 7.11 Å². The van der Waals surface area contributed by atoms with Crippen molar-refractivity contribution in [1.29, 1.82) is 0 Å². The van der Waals surface area contributed by atoms with Crippen LogP contribution in [0.3, 0.4) is 0 Å². The third-order valence-electron chi connectivity index (χ3n) is 3.81. The zero-order chi connectivity index (χ0) is 17.5. The molecular formula is C19H22N2O3. The Hall–Kier alpha value is -2.82. The monoisotopic (exact) mass is 326 g/mol. The molecule has 2 aromatic carbocycles. The van der Waals surface area contributed by atoms with E-state index in [2.05, 4.69) is 0 Å². The number of benzene rings is 2. The van der Waals surface area contributed by atoms with Crippen LogP contribution in [-0.2, 0) is 9.59 Å². The van der Waals surface area contributed by atoms with Crippen LogP contribution in [0.25, 0.3) is 0 Å². The van der Waals surface area contributed by atoms with Crippen molar-refractivity contribution in [2.75, 3.05) is 30.5 Å². The lowest BCUT2D eigenvalue weighted by Crippen LogP contribution is -2.34. The number of para-hydroxylation sites is 1. The third-order valence-corrected chi connectivity index (χ3v) is 3.81. The fourth-order valence-electron chi connectivity index (χ4n) is 2.42. The van der Waals surface area contributed by atoms with E-state index in [0.29, 0.717) is 12.3 Å². The van der Waals surface area contributed by atoms with Gasteiger partial charge in [-0.05, 0) is 24.3 Å². The first-order valence-corrected chi connectivity index (χ1v) is 7.76. The highest BCUT2D eigenvalue weighted by atomic mass is 16.5. The van der Waals surface area contributed by atoms with Crippen molar-refractivity contribution < 1.29 is 14.3 Å². The lowest BCUT2D eigenvalue weighted by Gasteiger charge is -2.23. The van der Waals surface area contributed by atoms with Crippen molar-refractivity contribution in [2.24, 2.45) is 0 Å². The third kappa shape index (κ3) is 4.35. The van der Waals surface area contributed by atoms with E-state index in [0.717, 1.165) is 11.4 Å². The molecular weight excluding hydrogens is 304 g/mol. The maximum Gasteiger partial charge on any atom is 0.228 e. The van der Waals surface area contributed by atoms with E-state index in [1.54, 1.807) is 30.0 Å². The molecule has 24 heavy (non-hydrogen) atoms. The minimum absolute atomic E-state index is 0.0460. The number of amides is 2. The van der Waals surface area contributed by atoms with Gasteiger partial charge in [-0.3, -0.25) is 9.59 Å². The highest BCUT2D eigenvalue weighted by Gasteiger charge is 2.16. The van der Waals surface area contributed by atoms with Crippen molar-refractivity contribution in [2.45, 2.75) is 13.3 Å². The average Bonchev–Trinajstić information content (AvgIpc) is 2.61. The van der Waals surface area contributed by atoms with Gasteiger partial charge in [-0.1, -0.05) is 24.3 Å². The quantitative estimate of drug-likeness (QED) is 0.819. The smallest absolute Gasteiger partial charge is 0.228 e. The van der Waals surface area contributed by atoms with E-state index in [4.69, 9.17) is 4.74 Å². The van der Waals surface area contributed by atoms with Crippen LogP contribution < -0.4 is 14.5 Å². The Morgan fingerprint density at radius 1 is 1.00 bits per heavy atom. The van der Waals surface area contributed by atoms with Crippen LogP contribution in [0.5, 0.6) is 5.75 Å². The van der Waals surface area contributed by atoms with Gasteiger partial charge in [0.1, 0.15) is 5.75 Å². The standard InChI is InChI=1S/C19H22N2O3/c1-15(22)21(17-10-7-11-18(14-17)24-3)13-12-19(23)20(2)16-8-5-4-6-9-16/h4-11,14H,12-13H2,1-3H3. The summed E-state index contributed by atoms with van der Waals surface area (Å²) in [6.45, 7) is 1.81. The Balaban J connectivity index is 2.06. The maximum absolute atomic E-state index is 12.4. The van der Waals surface area contributed by atoms with Crippen LogP contribution in [0.4, 0.5) is 11.4 Å². The highest BCUT2D eigenvalue weighted by Crippen LogP contribution is 2.22. The lowest BCUT2D eigenvalue weighted by molar-refractivity contribution is -0.118. The molecule has 2 rings (SSSR count). The molecule has 0 aliphatic carbocycles. The predicted molar refractivity (Wildman–Crippen MR) is 95.5 cm³/mol. The Bertz CT molecular complexity index is 701. The molecule has 0 heterocycles. The second-order valence-corrected chi connectivity index (χ2v) is 5.41. The first-order chi connectivity index (χ1) is 11.5. The molecule has 0 fully saturated rings. The van der Waals surface area contributed by atoms with Gasteiger partial charge in [-0.2, -0.15) is 0 Å². The van der Waals surface area contributed by atoms with E-state index in [1.807, 2.05) is 48.5 Å². The number of hydrogen-bond donors (Lipinski definition) is 0. The van der Waals surface area contributed by atoms with E-state index < -0.39 is 0 Å². The van der Waals surface area contributed by atoms with Gasteiger partial charge in [-0.25, -0.2) is 0 Å². The number of carbonyl (C=O) groups is 2. The van der Waals surface area contributed by atoms with Gasteiger partial charge in [0.2, 0.25) is 11.8 Å². The Morgan fingerprint density at radius 3 is 2.29 bits per heavy atom. The largest absolute Gasteiger partial charge is 0.497 e. The zero-order valence-corrected chi connectivity index (χ0v) is 14.2. The molecule has 0 spiro atoms. The van der Waals surface area contributed by atoms with E-state index in [9.17, 15) is 9.59 Å². The van der Waals surface area contributed by atoms with E-state index >= 15 is 0 Å². The minimum atomic E-state index is -0.113. The molecule has 5 nitrogen and oxygen atoms in total. The van der Waals surface area contributed by atoms with Crippen LogP contribution in [0.1, 0.15) is 13.3 Å². The molecule has 2 aromatic rings. The number of ether oxygens (including phenoxy) is 1. The number of rotatable bonds is 6. The summed E-state index contributed by atoms with van der Waals surface area (Å²) in [7, 11) is 3.32. The SMILES string of the molecule is COc1cccc(N(CCC(=O)N(C)c2ccccc2)C(C)=O)c1. The second-order valence-electron chi connectivity index (χ2n) is 5.41. The maximum atomic E-state index is 12.4. The molecule has 0 saturated carbocycles. The molecule has 0 unspecified atom stereocenters. The van der Waals surface area contributed by atoms with E-state index in [-0.39, 0.29) is 18.2 Å². The van der Waals surface area contributed by atoms with E-state index in [1.165, 1.54) is 6.92 Å². The summed E-state index contributed by atoms with van der Waals surface area (Å²) in [5.41, 5.74) is 1.55. The highest BCUT2D eigenvalue weighted by molar-refractivity contribution is 5.95. The fraction of sp³-hybridized carbons (Fsp3) is 0.263. The Morgan fingerprint density at radius 2 is 1.67 bits per heavy atom. The van der Waals surface area contributed by atoms with Crippen LogP contribution >= 0.6 is 0 Å². The van der Waals surface area contributed by atoms with Gasteiger partial charge in [0.15, 0.2) is 0 Å². The zero-order valence-electron chi connectivity index (χ0n) is 14.2. The first-order valence-electron chi connectivity index (χ1n) is 7.76. The summed E-state index contributed by atoms with van der Waals surface area (Å²) in [5.74, 6) is 0.514. The molecule has 0 atom stereocenters. The van der Waals surface area contributed by atoms with Gasteiger partial charge in [0.25, 0.3) is 0 Å². The predicted octanol–water partition coefficient (Wildman–Crippen LogP) is 3.10. The van der Waals surface area contributed by atoms with Crippen LogP contribution in [0.2, 0.25) is 0 Å². The van der Waals surface area contributed by atoms with Gasteiger partial charge >= 0.3 is 0 Å². The van der Waals surface area contributed by atoms with Gasteiger partial charge < -0.3 is 14.5 Å². The number of anilines is 2. The number of nitrogens with zero attached hydrogens (tertiary/aromatic N) is 2. The Kier molecular flexibility index (Phi) is 5.95. The molecule has 0 bridgehead atoms. The molecule has 0 N–H and O–H groups in total. The first kappa shape index (κ1) is 17.5. The molecule has 5 heteroatoms. The van der Waals surface area contributed by atoms with Crippen molar-refractivity contribution in [3.05, 3.63) is 54.6 Å². The van der Waals surface area contributed by atoms with Crippen LogP contribution in [0.15, 0.2) is 54.6 Å². The number of carbonyl (C=O) groups excluding carboxylic acids is 2. The minimum Gasteiger partial charge on any atom is -0.497 e. The molecule has 0 saturated heterocycles. The summed E-state index contributed by atoms with van der Waals surface area (Å²) in [4.78, 5) is 27.5.